The first kappa shape index (κ1) is 27.3. The van der Waals surface area contributed by atoms with Crippen molar-refractivity contribution in [2.24, 2.45) is 0 Å². The number of carbonyl (C=O) groups excluding carboxylic acids is 1. The SMILES string of the molecule is COC(=O)c1cc(OC2O[C@H](CO)[C@H](O)[C@H](O)[C@H]2O)c(O)c(OC2O[C@H](CO)[C@H](O)[C@H](O)[C@H]2O)c1. The van der Waals surface area contributed by atoms with Crippen molar-refractivity contribution in [3.8, 4) is 17.2 Å². The molecular formula is C20H28O15. The van der Waals surface area contributed by atoms with Crippen LogP contribution < -0.4 is 9.47 Å². The Morgan fingerprint density at radius 3 is 1.51 bits per heavy atom. The smallest absolute Gasteiger partial charge is 0.338 e. The number of esters is 1. The van der Waals surface area contributed by atoms with E-state index in [1.54, 1.807) is 0 Å². The third kappa shape index (κ3) is 5.44. The summed E-state index contributed by atoms with van der Waals surface area (Å²) in [6.07, 6.45) is -16.7. The molecule has 1 aromatic carbocycles. The second kappa shape index (κ2) is 11.2. The Bertz CT molecular complexity index is 817. The highest BCUT2D eigenvalue weighted by Crippen LogP contribution is 2.41. The first-order chi connectivity index (χ1) is 16.5. The largest absolute Gasteiger partial charge is 0.502 e. The van der Waals surface area contributed by atoms with E-state index < -0.39 is 97.8 Å². The lowest BCUT2D eigenvalue weighted by Crippen LogP contribution is -2.60. The quantitative estimate of drug-likeness (QED) is 0.158. The molecule has 15 heteroatoms. The minimum Gasteiger partial charge on any atom is -0.502 e. The van der Waals surface area contributed by atoms with E-state index in [9.17, 15) is 50.8 Å². The summed E-state index contributed by atoms with van der Waals surface area (Å²) in [5.41, 5.74) is -0.260. The molecule has 198 valence electrons. The zero-order valence-electron chi connectivity index (χ0n) is 18.3. The molecule has 0 radical (unpaired) electrons. The Kier molecular flexibility index (Phi) is 8.71. The van der Waals surface area contributed by atoms with Crippen molar-refractivity contribution in [1.82, 2.24) is 0 Å². The van der Waals surface area contributed by atoms with Crippen LogP contribution in [0.2, 0.25) is 0 Å². The summed E-state index contributed by atoms with van der Waals surface area (Å²) < 4.78 is 25.9. The summed E-state index contributed by atoms with van der Waals surface area (Å²) >= 11 is 0. The Morgan fingerprint density at radius 2 is 1.17 bits per heavy atom. The minimum absolute atomic E-state index is 0.260. The van der Waals surface area contributed by atoms with Crippen molar-refractivity contribution >= 4 is 5.97 Å². The van der Waals surface area contributed by atoms with Crippen molar-refractivity contribution in [3.05, 3.63) is 17.7 Å². The topological polar surface area (TPSA) is 245 Å². The van der Waals surface area contributed by atoms with Crippen LogP contribution in [-0.4, -0.2) is 134 Å². The Labute approximate surface area is 197 Å². The van der Waals surface area contributed by atoms with Crippen molar-refractivity contribution in [1.29, 1.82) is 0 Å². The van der Waals surface area contributed by atoms with Crippen molar-refractivity contribution in [2.45, 2.75) is 61.4 Å². The van der Waals surface area contributed by atoms with E-state index in [2.05, 4.69) is 4.74 Å². The van der Waals surface area contributed by atoms with Gasteiger partial charge in [-0.2, -0.15) is 0 Å². The monoisotopic (exact) mass is 508 g/mol. The van der Waals surface area contributed by atoms with Crippen molar-refractivity contribution in [3.63, 3.8) is 0 Å². The zero-order chi connectivity index (χ0) is 26.0. The molecule has 0 amide bonds. The molecule has 0 spiro atoms. The second-order valence-corrected chi connectivity index (χ2v) is 7.94. The highest BCUT2D eigenvalue weighted by Gasteiger charge is 2.46. The second-order valence-electron chi connectivity index (χ2n) is 7.94. The molecule has 2 aliphatic rings. The van der Waals surface area contributed by atoms with E-state index >= 15 is 0 Å². The van der Waals surface area contributed by atoms with Crippen LogP contribution in [0.4, 0.5) is 0 Å². The number of aromatic hydroxyl groups is 1. The van der Waals surface area contributed by atoms with Crippen molar-refractivity contribution < 1.29 is 74.4 Å². The maximum atomic E-state index is 12.1. The van der Waals surface area contributed by atoms with Gasteiger partial charge in [0.15, 0.2) is 11.5 Å². The van der Waals surface area contributed by atoms with Crippen molar-refractivity contribution in [2.75, 3.05) is 20.3 Å². The standard InChI is InChI=1S/C20H28O15/c1-31-18(30)6-2-7(32-19-16(28)14(26)12(24)9(4-21)34-19)11(23)8(3-6)33-20-17(29)15(27)13(25)10(5-22)35-20/h2-3,9-10,12-17,19-29H,4-5H2,1H3/t9-,10-,12+,13+,14+,15+,16-,17-,19?,20?/m1/s1. The predicted octanol–water partition coefficient (Wildman–Crippen LogP) is -4.46. The van der Waals surface area contributed by atoms with E-state index in [0.717, 1.165) is 19.2 Å². The fourth-order valence-corrected chi connectivity index (χ4v) is 3.58. The molecule has 2 heterocycles. The zero-order valence-corrected chi connectivity index (χ0v) is 18.3. The number of hydrogen-bond donors (Lipinski definition) is 9. The third-order valence-corrected chi connectivity index (χ3v) is 5.64. The Morgan fingerprint density at radius 1 is 0.771 bits per heavy atom. The molecule has 2 saturated heterocycles. The van der Waals surface area contributed by atoms with Gasteiger partial charge < -0.3 is 69.6 Å². The summed E-state index contributed by atoms with van der Waals surface area (Å²) in [5, 5.41) is 89.4. The summed E-state index contributed by atoms with van der Waals surface area (Å²) in [6.45, 7) is -1.49. The molecule has 3 rings (SSSR count). The van der Waals surface area contributed by atoms with Crippen LogP contribution in [0.1, 0.15) is 10.4 Å². The van der Waals surface area contributed by atoms with E-state index in [0.29, 0.717) is 0 Å². The number of benzene rings is 1. The normalized spacial score (nSPS) is 37.5. The van der Waals surface area contributed by atoms with E-state index in [1.807, 2.05) is 0 Å². The lowest BCUT2D eigenvalue weighted by molar-refractivity contribution is -0.279. The van der Waals surface area contributed by atoms with Gasteiger partial charge in [-0.25, -0.2) is 4.79 Å². The minimum atomic E-state index is -1.84. The maximum Gasteiger partial charge on any atom is 0.338 e. The predicted molar refractivity (Wildman–Crippen MR) is 108 cm³/mol. The number of aliphatic hydroxyl groups excluding tert-OH is 8. The summed E-state index contributed by atoms with van der Waals surface area (Å²) in [7, 11) is 1.06. The first-order valence-electron chi connectivity index (χ1n) is 10.4. The van der Waals surface area contributed by atoms with Gasteiger partial charge in [0.25, 0.3) is 0 Å². The van der Waals surface area contributed by atoms with Gasteiger partial charge in [0.1, 0.15) is 48.8 Å². The molecule has 10 atom stereocenters. The van der Waals surface area contributed by atoms with E-state index in [1.165, 1.54) is 0 Å². The summed E-state index contributed by atoms with van der Waals surface area (Å²) in [4.78, 5) is 12.1. The molecule has 0 bridgehead atoms. The number of methoxy groups -OCH3 is 1. The fourth-order valence-electron chi connectivity index (χ4n) is 3.58. The lowest BCUT2D eigenvalue weighted by atomic mass is 9.99. The molecule has 35 heavy (non-hydrogen) atoms. The van der Waals surface area contributed by atoms with E-state index in [4.69, 9.17) is 18.9 Å². The Balaban J connectivity index is 1.93. The van der Waals surface area contributed by atoms with Gasteiger partial charge >= 0.3 is 5.97 Å². The molecule has 0 saturated carbocycles. The van der Waals surface area contributed by atoms with Gasteiger partial charge in [0.2, 0.25) is 18.3 Å². The fraction of sp³-hybridized carbons (Fsp3) is 0.650. The first-order valence-corrected chi connectivity index (χ1v) is 10.4. The number of phenols is 1. The van der Waals surface area contributed by atoms with Gasteiger partial charge in [-0.15, -0.1) is 0 Å². The number of rotatable bonds is 7. The number of hydrogen-bond acceptors (Lipinski definition) is 15. The molecule has 15 nitrogen and oxygen atoms in total. The van der Waals surface area contributed by atoms with Crippen LogP contribution in [-0.2, 0) is 14.2 Å². The lowest BCUT2D eigenvalue weighted by Gasteiger charge is -2.40. The number of aliphatic hydroxyl groups is 8. The van der Waals surface area contributed by atoms with Gasteiger partial charge in [0, 0.05) is 0 Å². The van der Waals surface area contributed by atoms with Gasteiger partial charge in [-0.1, -0.05) is 0 Å². The number of phenolic OH excluding ortho intramolecular Hbond substituents is 1. The van der Waals surface area contributed by atoms with Crippen LogP contribution in [0.3, 0.4) is 0 Å². The molecule has 9 N–H and O–H groups in total. The van der Waals surface area contributed by atoms with Crippen LogP contribution in [0.15, 0.2) is 12.1 Å². The molecule has 2 unspecified atom stereocenters. The molecule has 2 aliphatic heterocycles. The van der Waals surface area contributed by atoms with Gasteiger partial charge in [-0.3, -0.25) is 0 Å². The third-order valence-electron chi connectivity index (χ3n) is 5.64. The number of carbonyl (C=O) groups is 1. The average Bonchev–Trinajstić information content (AvgIpc) is 2.85. The molecule has 1 aromatic rings. The highest BCUT2D eigenvalue weighted by atomic mass is 16.7. The molecule has 2 fully saturated rings. The molecule has 0 aliphatic carbocycles. The molecule has 0 aromatic heterocycles. The average molecular weight is 508 g/mol. The highest BCUT2D eigenvalue weighted by molar-refractivity contribution is 5.91. The molecular weight excluding hydrogens is 480 g/mol. The van der Waals surface area contributed by atoms with Crippen LogP contribution in [0.5, 0.6) is 17.2 Å². The summed E-state index contributed by atoms with van der Waals surface area (Å²) in [6, 6.07) is 1.95. The van der Waals surface area contributed by atoms with Crippen LogP contribution in [0.25, 0.3) is 0 Å². The van der Waals surface area contributed by atoms with E-state index in [-0.39, 0.29) is 5.56 Å². The van der Waals surface area contributed by atoms with Crippen LogP contribution >= 0.6 is 0 Å². The van der Waals surface area contributed by atoms with Crippen LogP contribution in [0, 0.1) is 0 Å². The number of ether oxygens (including phenoxy) is 5. The summed E-state index contributed by atoms with van der Waals surface area (Å²) in [5.74, 6) is -2.83. The van der Waals surface area contributed by atoms with Gasteiger partial charge in [0.05, 0.1) is 25.9 Å². The van der Waals surface area contributed by atoms with Gasteiger partial charge in [-0.05, 0) is 12.1 Å². The Hall–Kier alpha value is -2.31. The maximum absolute atomic E-state index is 12.1.